The Morgan fingerprint density at radius 2 is 1.65 bits per heavy atom. The molecule has 1 aromatic heterocycles. The predicted octanol–water partition coefficient (Wildman–Crippen LogP) is 5.79. The van der Waals surface area contributed by atoms with Crippen LogP contribution in [0.4, 0.5) is 0 Å². The molecule has 0 radical (unpaired) electrons. The molecule has 1 unspecified atom stereocenters. The summed E-state index contributed by atoms with van der Waals surface area (Å²) in [6.07, 6.45) is 0.584. The van der Waals surface area contributed by atoms with Gasteiger partial charge in [0.15, 0.2) is 11.5 Å². The van der Waals surface area contributed by atoms with Crippen LogP contribution in [0.3, 0.4) is 0 Å². The summed E-state index contributed by atoms with van der Waals surface area (Å²) in [7, 11) is 0. The highest BCUT2D eigenvalue weighted by molar-refractivity contribution is 6.30. The monoisotopic (exact) mass is 434 g/mol. The van der Waals surface area contributed by atoms with E-state index in [4.69, 9.17) is 25.5 Å². The number of hydrogen-bond acceptors (Lipinski definition) is 5. The highest BCUT2D eigenvalue weighted by Gasteiger charge is 2.18. The van der Waals surface area contributed by atoms with Gasteiger partial charge in [-0.3, -0.25) is 4.79 Å². The molecule has 0 saturated carbocycles. The van der Waals surface area contributed by atoms with Gasteiger partial charge in [0.05, 0.1) is 10.9 Å². The number of hydrogen-bond donors (Lipinski definition) is 0. The van der Waals surface area contributed by atoms with Crippen LogP contribution in [0, 0.1) is 6.92 Å². The molecule has 0 aliphatic heterocycles. The Balaban J connectivity index is 1.53. The van der Waals surface area contributed by atoms with Crippen molar-refractivity contribution < 1.29 is 18.7 Å². The topological polar surface area (TPSA) is 65.7 Å². The molecule has 0 aliphatic carbocycles. The Morgan fingerprint density at radius 3 is 2.35 bits per heavy atom. The minimum atomic E-state index is -0.840. The van der Waals surface area contributed by atoms with Gasteiger partial charge >= 0.3 is 5.97 Å². The van der Waals surface area contributed by atoms with Gasteiger partial charge in [0.1, 0.15) is 23.3 Å². The first-order chi connectivity index (χ1) is 14.9. The molecule has 1 heterocycles. The summed E-state index contributed by atoms with van der Waals surface area (Å²) in [6, 6.07) is 19.0. The summed E-state index contributed by atoms with van der Waals surface area (Å²) >= 11 is 5.85. The molecular weight excluding hydrogens is 416 g/mol. The number of fused-ring (bicyclic) bond motifs is 1. The lowest BCUT2D eigenvalue weighted by molar-refractivity contribution is -0.141. The van der Waals surface area contributed by atoms with Gasteiger partial charge < -0.3 is 13.9 Å². The molecule has 0 saturated heterocycles. The van der Waals surface area contributed by atoms with E-state index < -0.39 is 12.1 Å². The molecule has 0 aliphatic rings. The van der Waals surface area contributed by atoms with Crippen molar-refractivity contribution in [2.24, 2.45) is 0 Å². The van der Waals surface area contributed by atoms with Gasteiger partial charge in [-0.2, -0.15) is 0 Å². The van der Waals surface area contributed by atoms with Gasteiger partial charge in [0.2, 0.25) is 0 Å². The van der Waals surface area contributed by atoms with E-state index in [-0.39, 0.29) is 11.2 Å². The smallest absolute Gasteiger partial charge is 0.352 e. The standard InChI is InChI=1S/C25H19ClO5/c1-15-3-5-17(6-4-15)22-14-29-23-13-20(11-12-21(23)24(22)27)31-25(28)16(2)30-19-9-7-18(26)8-10-19/h3-14,16H,1-2H3. The largest absolute Gasteiger partial charge is 0.479 e. The zero-order chi connectivity index (χ0) is 22.0. The zero-order valence-electron chi connectivity index (χ0n) is 16.9. The summed E-state index contributed by atoms with van der Waals surface area (Å²) in [4.78, 5) is 25.3. The molecule has 0 amide bonds. The molecule has 31 heavy (non-hydrogen) atoms. The number of benzene rings is 3. The molecular formula is C25H19ClO5. The quantitative estimate of drug-likeness (QED) is 0.293. The van der Waals surface area contributed by atoms with E-state index in [2.05, 4.69) is 0 Å². The van der Waals surface area contributed by atoms with E-state index in [0.717, 1.165) is 11.1 Å². The minimum absolute atomic E-state index is 0.151. The van der Waals surface area contributed by atoms with Crippen molar-refractivity contribution in [1.82, 2.24) is 0 Å². The third-order valence-corrected chi connectivity index (χ3v) is 5.04. The predicted molar refractivity (Wildman–Crippen MR) is 120 cm³/mol. The normalized spacial score (nSPS) is 11.8. The van der Waals surface area contributed by atoms with E-state index in [0.29, 0.717) is 27.3 Å². The summed E-state index contributed by atoms with van der Waals surface area (Å²) in [6.45, 7) is 3.57. The molecule has 4 aromatic rings. The molecule has 156 valence electrons. The van der Waals surface area contributed by atoms with E-state index in [1.165, 1.54) is 12.3 Å². The third kappa shape index (κ3) is 4.62. The fraction of sp³-hybridized carbons (Fsp3) is 0.120. The lowest BCUT2D eigenvalue weighted by atomic mass is 10.0. The number of halogens is 1. The van der Waals surface area contributed by atoms with E-state index in [1.807, 2.05) is 31.2 Å². The third-order valence-electron chi connectivity index (χ3n) is 4.79. The SMILES string of the molecule is Cc1ccc(-c2coc3cc(OC(=O)C(C)Oc4ccc(Cl)cc4)ccc3c2=O)cc1. The number of esters is 1. The highest BCUT2D eigenvalue weighted by atomic mass is 35.5. The minimum Gasteiger partial charge on any atom is -0.479 e. The second-order valence-corrected chi connectivity index (χ2v) is 7.57. The molecule has 0 fully saturated rings. The maximum absolute atomic E-state index is 12.9. The average Bonchev–Trinajstić information content (AvgIpc) is 2.76. The molecule has 0 N–H and O–H groups in total. The van der Waals surface area contributed by atoms with Crippen LogP contribution in [0.1, 0.15) is 12.5 Å². The van der Waals surface area contributed by atoms with E-state index >= 15 is 0 Å². The van der Waals surface area contributed by atoms with Crippen molar-refractivity contribution >= 4 is 28.5 Å². The first kappa shape index (κ1) is 20.7. The van der Waals surface area contributed by atoms with Crippen LogP contribution in [0.5, 0.6) is 11.5 Å². The Kier molecular flexibility index (Phi) is 5.78. The van der Waals surface area contributed by atoms with Crippen molar-refractivity contribution in [3.8, 4) is 22.6 Å². The Bertz CT molecular complexity index is 1290. The zero-order valence-corrected chi connectivity index (χ0v) is 17.7. The number of aryl methyl sites for hydroxylation is 1. The van der Waals surface area contributed by atoms with Gasteiger partial charge in [-0.15, -0.1) is 0 Å². The Hall–Kier alpha value is -3.57. The number of rotatable bonds is 5. The molecule has 6 heteroatoms. The lowest BCUT2D eigenvalue weighted by Crippen LogP contribution is -2.28. The van der Waals surface area contributed by atoms with E-state index in [9.17, 15) is 9.59 Å². The summed E-state index contributed by atoms with van der Waals surface area (Å²) in [5.41, 5.74) is 2.54. The molecule has 4 rings (SSSR count). The number of carbonyl (C=O) groups excluding carboxylic acids is 1. The summed E-state index contributed by atoms with van der Waals surface area (Å²) in [5, 5.41) is 0.981. The maximum Gasteiger partial charge on any atom is 0.352 e. The van der Waals surface area contributed by atoms with Crippen LogP contribution in [0.25, 0.3) is 22.1 Å². The van der Waals surface area contributed by atoms with Crippen molar-refractivity contribution in [3.63, 3.8) is 0 Å². The maximum atomic E-state index is 12.9. The molecule has 0 bridgehead atoms. The summed E-state index contributed by atoms with van der Waals surface area (Å²) in [5.74, 6) is 0.185. The van der Waals surface area contributed by atoms with Crippen LogP contribution in [-0.4, -0.2) is 12.1 Å². The fourth-order valence-corrected chi connectivity index (χ4v) is 3.20. The van der Waals surface area contributed by atoms with Crippen LogP contribution >= 0.6 is 11.6 Å². The lowest BCUT2D eigenvalue weighted by Gasteiger charge is -2.14. The van der Waals surface area contributed by atoms with Gasteiger partial charge in [-0.25, -0.2) is 4.79 Å². The molecule has 5 nitrogen and oxygen atoms in total. The first-order valence-electron chi connectivity index (χ1n) is 9.67. The van der Waals surface area contributed by atoms with Crippen LogP contribution < -0.4 is 14.9 Å². The van der Waals surface area contributed by atoms with Gasteiger partial charge in [0.25, 0.3) is 0 Å². The van der Waals surface area contributed by atoms with E-state index in [1.54, 1.807) is 43.3 Å². The van der Waals surface area contributed by atoms with Crippen LogP contribution in [0.2, 0.25) is 5.02 Å². The van der Waals surface area contributed by atoms with Crippen molar-refractivity contribution in [2.75, 3.05) is 0 Å². The Morgan fingerprint density at radius 1 is 0.968 bits per heavy atom. The fourth-order valence-electron chi connectivity index (χ4n) is 3.07. The van der Waals surface area contributed by atoms with Gasteiger partial charge in [-0.05, 0) is 55.8 Å². The Labute approximate surface area is 183 Å². The molecule has 3 aromatic carbocycles. The average molecular weight is 435 g/mol. The highest BCUT2D eigenvalue weighted by Crippen LogP contribution is 2.24. The molecule has 1 atom stereocenters. The summed E-state index contributed by atoms with van der Waals surface area (Å²) < 4.78 is 16.6. The second-order valence-electron chi connectivity index (χ2n) is 7.14. The molecule has 0 spiro atoms. The second kappa shape index (κ2) is 8.66. The van der Waals surface area contributed by atoms with Crippen molar-refractivity contribution in [3.05, 3.63) is 93.8 Å². The van der Waals surface area contributed by atoms with Crippen LogP contribution in [0.15, 0.2) is 82.2 Å². The van der Waals surface area contributed by atoms with Gasteiger partial charge in [-0.1, -0.05) is 41.4 Å². The number of carbonyl (C=O) groups is 1. The van der Waals surface area contributed by atoms with Gasteiger partial charge in [0, 0.05) is 11.1 Å². The van der Waals surface area contributed by atoms with Crippen LogP contribution in [-0.2, 0) is 4.79 Å². The first-order valence-corrected chi connectivity index (χ1v) is 10.0. The van der Waals surface area contributed by atoms with Crippen molar-refractivity contribution in [1.29, 1.82) is 0 Å². The van der Waals surface area contributed by atoms with Crippen molar-refractivity contribution in [2.45, 2.75) is 20.0 Å². The number of ether oxygens (including phenoxy) is 2.